The summed E-state index contributed by atoms with van der Waals surface area (Å²) in [5.74, 6) is 0.920. The van der Waals surface area contributed by atoms with Crippen molar-refractivity contribution in [1.82, 2.24) is 20.3 Å². The van der Waals surface area contributed by atoms with Crippen molar-refractivity contribution in [2.24, 2.45) is 0 Å². The maximum absolute atomic E-state index is 13.5. The van der Waals surface area contributed by atoms with Crippen molar-refractivity contribution in [2.75, 3.05) is 19.4 Å². The average Bonchev–Trinajstić information content (AvgIpc) is 3.40. The van der Waals surface area contributed by atoms with Crippen molar-refractivity contribution in [3.05, 3.63) is 65.9 Å². The number of ether oxygens (including phenoxy) is 2. The Morgan fingerprint density at radius 2 is 1.90 bits per heavy atom. The van der Waals surface area contributed by atoms with Crippen LogP contribution >= 0.6 is 0 Å². The molecule has 1 aromatic heterocycles. The molecule has 0 unspecified atom stereocenters. The molecule has 1 aliphatic rings. The first kappa shape index (κ1) is 28.8. The third-order valence-electron chi connectivity index (χ3n) is 6.79. The lowest BCUT2D eigenvalue weighted by molar-refractivity contribution is -0.139. The van der Waals surface area contributed by atoms with Gasteiger partial charge in [-0.25, -0.2) is 19.8 Å². The number of hydrogen-bond acceptors (Lipinski definition) is 8. The molecule has 4 rings (SSSR count). The Kier molecular flexibility index (Phi) is 8.89. The average molecular weight is 548 g/mol. The Bertz CT molecular complexity index is 1350. The summed E-state index contributed by atoms with van der Waals surface area (Å²) in [4.78, 5) is 43.4. The van der Waals surface area contributed by atoms with Gasteiger partial charge in [0.2, 0.25) is 5.91 Å². The third kappa shape index (κ3) is 6.87. The van der Waals surface area contributed by atoms with Gasteiger partial charge in [-0.2, -0.15) is 0 Å². The molecular formula is C30H37N5O5. The zero-order valence-corrected chi connectivity index (χ0v) is 23.4. The van der Waals surface area contributed by atoms with Crippen LogP contribution in [0.5, 0.6) is 5.75 Å². The highest BCUT2D eigenvalue weighted by Crippen LogP contribution is 2.26. The van der Waals surface area contributed by atoms with E-state index < -0.39 is 23.8 Å². The van der Waals surface area contributed by atoms with Gasteiger partial charge in [0.15, 0.2) is 0 Å². The lowest BCUT2D eigenvalue weighted by atomic mass is 10.1. The zero-order chi connectivity index (χ0) is 28.9. The number of nitrogens with zero attached hydrogens (tertiary/aromatic N) is 3. The second kappa shape index (κ2) is 12.3. The molecule has 3 N–H and O–H groups in total. The minimum Gasteiger partial charge on any atom is -0.497 e. The predicted octanol–water partition coefficient (Wildman–Crippen LogP) is 3.87. The fraction of sp³-hybridized carbons (Fsp3) is 0.400. The Morgan fingerprint density at radius 3 is 2.58 bits per heavy atom. The Morgan fingerprint density at radius 1 is 1.18 bits per heavy atom. The molecule has 0 radical (unpaired) electrons. The fourth-order valence-electron chi connectivity index (χ4n) is 4.88. The Labute approximate surface area is 234 Å². The first-order valence-electron chi connectivity index (χ1n) is 13.4. The fourth-order valence-corrected chi connectivity index (χ4v) is 4.88. The topological polar surface area (TPSA) is 127 Å². The molecule has 0 bridgehead atoms. The van der Waals surface area contributed by atoms with E-state index in [4.69, 9.17) is 15.2 Å². The van der Waals surface area contributed by atoms with Crippen LogP contribution in [-0.4, -0.2) is 64.6 Å². The van der Waals surface area contributed by atoms with Crippen LogP contribution in [0.3, 0.4) is 0 Å². The van der Waals surface area contributed by atoms with Crippen molar-refractivity contribution in [3.8, 4) is 5.75 Å². The van der Waals surface area contributed by atoms with E-state index in [2.05, 4.69) is 10.3 Å². The van der Waals surface area contributed by atoms with E-state index in [1.54, 1.807) is 51.2 Å². The van der Waals surface area contributed by atoms with Crippen LogP contribution in [0, 0.1) is 0 Å². The number of methoxy groups -OCH3 is 1. The first-order chi connectivity index (χ1) is 19.1. The van der Waals surface area contributed by atoms with Crippen molar-refractivity contribution >= 4 is 34.9 Å². The second-order valence-corrected chi connectivity index (χ2v) is 10.9. The molecular weight excluding hydrogens is 510 g/mol. The van der Waals surface area contributed by atoms with E-state index in [1.165, 1.54) is 5.01 Å². The molecule has 1 saturated heterocycles. The van der Waals surface area contributed by atoms with Crippen LogP contribution in [0.1, 0.15) is 44.7 Å². The molecule has 3 aromatic rings. The number of aromatic nitrogens is 1. The number of aldehydes is 1. The van der Waals surface area contributed by atoms with E-state index in [9.17, 15) is 14.4 Å². The van der Waals surface area contributed by atoms with Crippen molar-refractivity contribution < 1.29 is 23.9 Å². The van der Waals surface area contributed by atoms with E-state index in [-0.39, 0.29) is 12.3 Å². The summed E-state index contributed by atoms with van der Waals surface area (Å²) < 4.78 is 10.9. The van der Waals surface area contributed by atoms with E-state index in [0.717, 1.165) is 28.2 Å². The molecule has 212 valence electrons. The summed E-state index contributed by atoms with van der Waals surface area (Å²) in [5, 5.41) is 7.79. The van der Waals surface area contributed by atoms with Crippen LogP contribution in [0.2, 0.25) is 0 Å². The number of amides is 2. The maximum atomic E-state index is 13.5. The van der Waals surface area contributed by atoms with Gasteiger partial charge >= 0.3 is 6.09 Å². The molecule has 1 aliphatic heterocycles. The summed E-state index contributed by atoms with van der Waals surface area (Å²) in [6.45, 7) is 6.04. The molecule has 40 heavy (non-hydrogen) atoms. The van der Waals surface area contributed by atoms with Crippen LogP contribution < -0.4 is 15.8 Å². The van der Waals surface area contributed by atoms with Crippen molar-refractivity contribution in [2.45, 2.75) is 64.3 Å². The van der Waals surface area contributed by atoms with Gasteiger partial charge in [-0.05, 0) is 74.4 Å². The molecule has 10 nitrogen and oxygen atoms in total. The summed E-state index contributed by atoms with van der Waals surface area (Å²) in [5.41, 5.74) is 6.93. The number of nitrogens with one attached hydrogen (secondary N) is 1. The highest BCUT2D eigenvalue weighted by Gasteiger charge is 2.41. The molecule has 2 aromatic carbocycles. The van der Waals surface area contributed by atoms with Crippen LogP contribution in [0.15, 0.2) is 54.7 Å². The minimum absolute atomic E-state index is 0.227. The molecule has 0 aliphatic carbocycles. The largest absolute Gasteiger partial charge is 0.497 e. The van der Waals surface area contributed by atoms with Gasteiger partial charge in [-0.3, -0.25) is 4.79 Å². The van der Waals surface area contributed by atoms with Crippen LogP contribution in [0.4, 0.5) is 10.6 Å². The number of anilines is 1. The molecule has 2 heterocycles. The van der Waals surface area contributed by atoms with E-state index in [0.29, 0.717) is 37.5 Å². The number of carbonyl (C=O) groups excluding carboxylic acids is 3. The van der Waals surface area contributed by atoms with Gasteiger partial charge in [0.05, 0.1) is 7.11 Å². The Hall–Kier alpha value is -4.18. The summed E-state index contributed by atoms with van der Waals surface area (Å²) in [7, 11) is 1.58. The normalized spacial score (nSPS) is 16.4. The number of fused-ring (bicyclic) bond motifs is 1. The number of carbonyl (C=O) groups is 3. The van der Waals surface area contributed by atoms with Gasteiger partial charge in [-0.1, -0.05) is 24.3 Å². The van der Waals surface area contributed by atoms with Gasteiger partial charge in [0.25, 0.3) is 0 Å². The molecule has 1 fully saturated rings. The quantitative estimate of drug-likeness (QED) is 0.387. The second-order valence-electron chi connectivity index (χ2n) is 10.9. The number of hydrazine groups is 1. The highest BCUT2D eigenvalue weighted by atomic mass is 16.6. The van der Waals surface area contributed by atoms with Gasteiger partial charge < -0.3 is 25.3 Å². The SMILES string of the molecule is COc1ccc(C[C@H](C=O)N(C(=O)OC(C)(C)C)N2CCC[C@H]2C(=O)NCc2ccc3c(N)nccc3c2)cc1. The molecule has 10 heteroatoms. The lowest BCUT2D eigenvalue weighted by Crippen LogP contribution is -2.59. The summed E-state index contributed by atoms with van der Waals surface area (Å²) in [6, 6.07) is 13.4. The minimum atomic E-state index is -0.865. The maximum Gasteiger partial charge on any atom is 0.425 e. The number of rotatable bonds is 9. The van der Waals surface area contributed by atoms with E-state index >= 15 is 0 Å². The molecule has 2 atom stereocenters. The Balaban J connectivity index is 1.53. The van der Waals surface area contributed by atoms with Gasteiger partial charge in [0, 0.05) is 31.1 Å². The number of pyridine rings is 1. The number of nitrogens with two attached hydrogens (primary N) is 1. The third-order valence-corrected chi connectivity index (χ3v) is 6.79. The van der Waals surface area contributed by atoms with Crippen molar-refractivity contribution in [3.63, 3.8) is 0 Å². The first-order valence-corrected chi connectivity index (χ1v) is 13.4. The zero-order valence-electron chi connectivity index (χ0n) is 23.4. The predicted molar refractivity (Wildman–Crippen MR) is 152 cm³/mol. The van der Waals surface area contributed by atoms with Crippen molar-refractivity contribution in [1.29, 1.82) is 0 Å². The summed E-state index contributed by atoms with van der Waals surface area (Å²) in [6.07, 6.45) is 3.20. The molecule has 0 saturated carbocycles. The number of nitrogen functional groups attached to an aromatic ring is 1. The van der Waals surface area contributed by atoms with Crippen LogP contribution in [-0.2, 0) is 27.3 Å². The monoisotopic (exact) mass is 547 g/mol. The van der Waals surface area contributed by atoms with E-state index in [1.807, 2.05) is 36.4 Å². The van der Waals surface area contributed by atoms with Gasteiger partial charge in [-0.15, -0.1) is 0 Å². The molecule has 0 spiro atoms. The lowest BCUT2D eigenvalue weighted by Gasteiger charge is -2.39. The number of benzene rings is 2. The van der Waals surface area contributed by atoms with Gasteiger partial charge in [0.1, 0.15) is 35.5 Å². The molecule has 2 amide bonds. The highest BCUT2D eigenvalue weighted by molar-refractivity contribution is 5.91. The smallest absolute Gasteiger partial charge is 0.425 e. The standard InChI is InChI=1S/C30H37N5O5/c1-30(2,3)40-29(38)35(23(19-36)17-20-7-10-24(39-4)11-8-20)34-15-5-6-26(34)28(37)33-18-21-9-12-25-22(16-21)13-14-32-27(25)31/h7-14,16,19,23,26H,5-6,15,17-18H2,1-4H3,(H2,31,32)(H,33,37)/t23-,26+/m1/s1. The number of hydrogen-bond donors (Lipinski definition) is 2. The van der Waals surface area contributed by atoms with Crippen LogP contribution in [0.25, 0.3) is 10.8 Å². The summed E-state index contributed by atoms with van der Waals surface area (Å²) >= 11 is 0.